The summed E-state index contributed by atoms with van der Waals surface area (Å²) >= 11 is 6.25. The van der Waals surface area contributed by atoms with Gasteiger partial charge >= 0.3 is 5.97 Å². The molecule has 2 aromatic heterocycles. The predicted molar refractivity (Wildman–Crippen MR) is 94.0 cm³/mol. The topological polar surface area (TPSA) is 85.5 Å². The number of benzene rings is 1. The number of hydrogen-bond donors (Lipinski definition) is 1. The van der Waals surface area contributed by atoms with Gasteiger partial charge in [0.05, 0.1) is 11.1 Å². The van der Waals surface area contributed by atoms with Gasteiger partial charge in [-0.1, -0.05) is 11.6 Å². The number of hydrogen-bond acceptors (Lipinski definition) is 5. The molecule has 0 aliphatic heterocycles. The van der Waals surface area contributed by atoms with Gasteiger partial charge in [-0.3, -0.25) is 4.79 Å². The minimum atomic E-state index is -0.848. The number of ether oxygens (including phenoxy) is 1. The molecule has 0 aliphatic rings. The number of carbonyl (C=O) groups is 1. The van der Waals surface area contributed by atoms with E-state index >= 15 is 0 Å². The summed E-state index contributed by atoms with van der Waals surface area (Å²) in [6, 6.07) is 7.11. The van der Waals surface area contributed by atoms with Crippen molar-refractivity contribution in [2.24, 2.45) is 0 Å². The number of rotatable bonds is 6. The number of aliphatic carboxylic acids is 1. The summed E-state index contributed by atoms with van der Waals surface area (Å²) in [4.78, 5) is 19.3. The van der Waals surface area contributed by atoms with E-state index < -0.39 is 5.97 Å². The first-order valence-corrected chi connectivity index (χ1v) is 8.24. The molecule has 0 atom stereocenters. The molecule has 0 spiro atoms. The Kier molecular flexibility index (Phi) is 4.90. The summed E-state index contributed by atoms with van der Waals surface area (Å²) in [5.74, 6) is 0.153. The lowest BCUT2D eigenvalue weighted by Crippen LogP contribution is -2.05. The van der Waals surface area contributed by atoms with Crippen LogP contribution in [0.4, 0.5) is 0 Å². The molecule has 0 fully saturated rings. The van der Waals surface area contributed by atoms with Crippen LogP contribution in [0.25, 0.3) is 22.7 Å². The molecule has 6 nitrogen and oxygen atoms in total. The van der Waals surface area contributed by atoms with Crippen LogP contribution in [0.1, 0.15) is 25.8 Å². The van der Waals surface area contributed by atoms with Crippen LogP contribution in [0.5, 0.6) is 5.75 Å². The van der Waals surface area contributed by atoms with Crippen LogP contribution in [-0.4, -0.2) is 27.1 Å². The van der Waals surface area contributed by atoms with Crippen LogP contribution in [0.15, 0.2) is 34.9 Å². The van der Waals surface area contributed by atoms with E-state index in [0.717, 1.165) is 5.56 Å². The van der Waals surface area contributed by atoms with Crippen molar-refractivity contribution < 1.29 is 19.1 Å². The molecule has 0 amide bonds. The van der Waals surface area contributed by atoms with Crippen LogP contribution in [0.3, 0.4) is 0 Å². The summed E-state index contributed by atoms with van der Waals surface area (Å²) in [5.41, 5.74) is 2.49. The van der Waals surface area contributed by atoms with Crippen molar-refractivity contribution in [1.29, 1.82) is 0 Å². The molecule has 0 bridgehead atoms. The molecule has 2 heterocycles. The van der Waals surface area contributed by atoms with Crippen molar-refractivity contribution in [2.75, 3.05) is 0 Å². The first-order valence-electron chi connectivity index (χ1n) is 7.86. The molecule has 0 saturated carbocycles. The minimum absolute atomic E-state index is 0.0288. The first kappa shape index (κ1) is 17.2. The first-order chi connectivity index (χ1) is 11.9. The average Bonchev–Trinajstić information content (AvgIpc) is 2.97. The highest BCUT2D eigenvalue weighted by atomic mass is 35.5. The molecule has 0 radical (unpaired) electrons. The van der Waals surface area contributed by atoms with Gasteiger partial charge in [0.25, 0.3) is 0 Å². The Morgan fingerprint density at radius 1 is 1.36 bits per heavy atom. The van der Waals surface area contributed by atoms with Crippen molar-refractivity contribution in [3.05, 3.63) is 41.0 Å². The smallest absolute Gasteiger partial charge is 0.303 e. The van der Waals surface area contributed by atoms with Gasteiger partial charge in [-0.05, 0) is 50.1 Å². The van der Waals surface area contributed by atoms with Gasteiger partial charge in [0.2, 0.25) is 11.6 Å². The second-order valence-electron chi connectivity index (χ2n) is 5.89. The van der Waals surface area contributed by atoms with Gasteiger partial charge in [0.1, 0.15) is 11.3 Å². The number of aryl methyl sites for hydroxylation is 1. The zero-order valence-electron chi connectivity index (χ0n) is 13.8. The minimum Gasteiger partial charge on any atom is -0.489 e. The quantitative estimate of drug-likeness (QED) is 0.703. The fourth-order valence-electron chi connectivity index (χ4n) is 2.36. The van der Waals surface area contributed by atoms with Crippen molar-refractivity contribution in [2.45, 2.75) is 32.8 Å². The van der Waals surface area contributed by atoms with Crippen LogP contribution in [0, 0.1) is 0 Å². The zero-order valence-corrected chi connectivity index (χ0v) is 14.6. The third-order valence-corrected chi connectivity index (χ3v) is 3.77. The Morgan fingerprint density at radius 2 is 2.16 bits per heavy atom. The third-order valence-electron chi connectivity index (χ3n) is 3.47. The highest BCUT2D eigenvalue weighted by Gasteiger charge is 2.13. The maximum absolute atomic E-state index is 10.7. The summed E-state index contributed by atoms with van der Waals surface area (Å²) in [6.45, 7) is 3.86. The molecule has 3 aromatic rings. The number of carboxylic acid groups (broad SMARTS) is 1. The largest absolute Gasteiger partial charge is 0.489 e. The molecule has 0 saturated heterocycles. The van der Waals surface area contributed by atoms with E-state index in [2.05, 4.69) is 9.97 Å². The van der Waals surface area contributed by atoms with Crippen molar-refractivity contribution in [3.63, 3.8) is 0 Å². The van der Waals surface area contributed by atoms with Crippen LogP contribution >= 0.6 is 11.6 Å². The summed E-state index contributed by atoms with van der Waals surface area (Å²) in [5, 5.41) is 9.24. The van der Waals surface area contributed by atoms with Crippen LogP contribution in [0.2, 0.25) is 5.02 Å². The Morgan fingerprint density at radius 3 is 2.84 bits per heavy atom. The lowest BCUT2D eigenvalue weighted by atomic mass is 10.1. The SMILES string of the molecule is CC(C)Oc1ccc(-c2nc3cc(CCC(=O)O)cnc3o2)cc1Cl. The molecule has 7 heteroatoms. The number of halogens is 1. The van der Waals surface area contributed by atoms with Crippen molar-refractivity contribution in [1.82, 2.24) is 9.97 Å². The Hall–Kier alpha value is -2.60. The summed E-state index contributed by atoms with van der Waals surface area (Å²) in [7, 11) is 0. The van der Waals surface area contributed by atoms with Crippen molar-refractivity contribution >= 4 is 28.8 Å². The number of carboxylic acids is 1. The predicted octanol–water partition coefficient (Wildman–Crippen LogP) is 4.35. The van der Waals surface area contributed by atoms with E-state index in [-0.39, 0.29) is 12.5 Å². The Labute approximate surface area is 149 Å². The van der Waals surface area contributed by atoms with Gasteiger partial charge in [-0.15, -0.1) is 0 Å². The highest BCUT2D eigenvalue weighted by molar-refractivity contribution is 6.32. The molecule has 25 heavy (non-hydrogen) atoms. The average molecular weight is 361 g/mol. The maximum atomic E-state index is 10.7. The van der Waals surface area contributed by atoms with Gasteiger partial charge in [0, 0.05) is 18.2 Å². The van der Waals surface area contributed by atoms with E-state index in [1.165, 1.54) is 0 Å². The third kappa shape index (κ3) is 4.09. The zero-order chi connectivity index (χ0) is 18.0. The molecular weight excluding hydrogens is 344 g/mol. The molecule has 3 rings (SSSR count). The lowest BCUT2D eigenvalue weighted by molar-refractivity contribution is -0.136. The Balaban J connectivity index is 1.88. The van der Waals surface area contributed by atoms with Crippen molar-refractivity contribution in [3.8, 4) is 17.2 Å². The van der Waals surface area contributed by atoms with Gasteiger partial charge in [-0.2, -0.15) is 0 Å². The second kappa shape index (κ2) is 7.11. The van der Waals surface area contributed by atoms with E-state index in [1.807, 2.05) is 19.9 Å². The number of nitrogens with zero attached hydrogens (tertiary/aromatic N) is 2. The molecule has 1 N–H and O–H groups in total. The van der Waals surface area contributed by atoms with Crippen LogP contribution < -0.4 is 4.74 Å². The fraction of sp³-hybridized carbons (Fsp3) is 0.278. The standard InChI is InChI=1S/C18H17ClN2O4/c1-10(2)24-15-5-4-12(8-13(15)19)17-21-14-7-11(3-6-16(22)23)9-20-18(14)25-17/h4-5,7-10H,3,6H2,1-2H3,(H,22,23). The Bertz CT molecular complexity index is 921. The maximum Gasteiger partial charge on any atom is 0.303 e. The number of oxazole rings is 1. The summed E-state index contributed by atoms with van der Waals surface area (Å²) < 4.78 is 11.3. The van der Waals surface area contributed by atoms with Crippen LogP contribution in [-0.2, 0) is 11.2 Å². The van der Waals surface area contributed by atoms with E-state index in [9.17, 15) is 4.79 Å². The van der Waals surface area contributed by atoms with E-state index in [4.69, 9.17) is 25.9 Å². The molecular formula is C18H17ClN2O4. The molecule has 0 unspecified atom stereocenters. The molecule has 1 aromatic carbocycles. The fourth-order valence-corrected chi connectivity index (χ4v) is 2.58. The van der Waals surface area contributed by atoms with Gasteiger partial charge < -0.3 is 14.3 Å². The lowest BCUT2D eigenvalue weighted by Gasteiger charge is -2.11. The monoisotopic (exact) mass is 360 g/mol. The summed E-state index contributed by atoms with van der Waals surface area (Å²) in [6.07, 6.45) is 2.08. The van der Waals surface area contributed by atoms with Gasteiger partial charge in [-0.25, -0.2) is 9.97 Å². The number of aromatic nitrogens is 2. The number of fused-ring (bicyclic) bond motifs is 1. The normalized spacial score (nSPS) is 11.2. The molecule has 130 valence electrons. The van der Waals surface area contributed by atoms with E-state index in [0.29, 0.717) is 39.9 Å². The number of pyridine rings is 1. The highest BCUT2D eigenvalue weighted by Crippen LogP contribution is 2.32. The second-order valence-corrected chi connectivity index (χ2v) is 6.30. The van der Waals surface area contributed by atoms with Gasteiger partial charge in [0.15, 0.2) is 0 Å². The molecule has 0 aliphatic carbocycles. The van der Waals surface area contributed by atoms with E-state index in [1.54, 1.807) is 24.4 Å².